The van der Waals surface area contributed by atoms with Crippen LogP contribution in [0.3, 0.4) is 0 Å². The van der Waals surface area contributed by atoms with Crippen molar-refractivity contribution in [2.45, 2.75) is 83.0 Å². The maximum Gasteiger partial charge on any atom is 0.240 e. The van der Waals surface area contributed by atoms with Crippen LogP contribution in [0, 0.1) is 40.7 Å². The molecule has 0 amide bonds. The maximum absolute atomic E-state index is 15.3. The van der Waals surface area contributed by atoms with Gasteiger partial charge in [-0.2, -0.15) is 0 Å². The number of hydrogen-bond donors (Lipinski definition) is 2. The first-order chi connectivity index (χ1) is 42.5. The molecule has 91 heavy (non-hydrogen) atoms. The number of nitrogens with zero attached hydrogens (tertiary/aromatic N) is 6. The van der Waals surface area contributed by atoms with Crippen molar-refractivity contribution in [3.8, 4) is 22.9 Å². The summed E-state index contributed by atoms with van der Waals surface area (Å²) in [5, 5.41) is 1.47. The van der Waals surface area contributed by atoms with Crippen LogP contribution in [0.2, 0.25) is 10.0 Å². The average molecular weight is 1380 g/mol. The highest BCUT2D eigenvalue weighted by atomic mass is 35.5. The molecule has 0 atom stereocenters. The van der Waals surface area contributed by atoms with E-state index in [0.29, 0.717) is 83.6 Å². The molecule has 0 spiro atoms. The van der Waals surface area contributed by atoms with E-state index >= 15 is 17.6 Å². The van der Waals surface area contributed by atoms with Gasteiger partial charge < -0.3 is 18.4 Å². The predicted molar refractivity (Wildman–Crippen MR) is 345 cm³/mol. The number of methoxy groups -OCH3 is 2. The Labute approximate surface area is 546 Å². The number of quaternary nitrogens is 2. The molecule has 0 aliphatic heterocycles. The van der Waals surface area contributed by atoms with E-state index in [2.05, 4.69) is 19.4 Å². The fourth-order valence-electron chi connectivity index (χ4n) is 9.57. The number of benzene rings is 6. The molecule has 0 aliphatic rings. The Balaban J connectivity index is 0.000000259. The van der Waals surface area contributed by atoms with E-state index < -0.39 is 81.4 Å². The highest BCUT2D eigenvalue weighted by Gasteiger charge is 2.33. The van der Waals surface area contributed by atoms with Crippen molar-refractivity contribution in [2.24, 2.45) is 0 Å². The molecule has 2 aromatic heterocycles. The molecule has 0 radical (unpaired) electrons. The van der Waals surface area contributed by atoms with Gasteiger partial charge in [-0.3, -0.25) is 9.13 Å². The minimum atomic E-state index is -4.13. The molecule has 14 nitrogen and oxygen atoms in total. The number of ether oxygens (including phenoxy) is 2. The molecule has 8 rings (SSSR count). The molecule has 2 heterocycles. The molecular formula is C64H73Cl2F7N8O6S4+2. The van der Waals surface area contributed by atoms with Gasteiger partial charge in [0.2, 0.25) is 20.0 Å². The summed E-state index contributed by atoms with van der Waals surface area (Å²) in [7, 11) is 6.36. The van der Waals surface area contributed by atoms with Crippen LogP contribution in [0.5, 0.6) is 11.5 Å². The number of thioether (sulfide) groups is 2. The molecule has 0 unspecified atom stereocenters. The fraction of sp³-hybridized carbons (Fsp3) is 0.344. The summed E-state index contributed by atoms with van der Waals surface area (Å²) < 4.78 is 174. The lowest BCUT2D eigenvalue weighted by Gasteiger charge is -2.28. The Morgan fingerprint density at radius 1 is 0.505 bits per heavy atom. The quantitative estimate of drug-likeness (QED) is 0.0232. The molecule has 0 aliphatic carbocycles. The highest BCUT2D eigenvalue weighted by molar-refractivity contribution is 7.98. The van der Waals surface area contributed by atoms with Gasteiger partial charge in [0.25, 0.3) is 0 Å². The lowest BCUT2D eigenvalue weighted by atomic mass is 9.81. The Kier molecular flexibility index (Phi) is 23.4. The minimum Gasteiger partial charge on any atom is -0.494 e. The molecule has 6 aromatic carbocycles. The van der Waals surface area contributed by atoms with E-state index in [9.17, 15) is 30.0 Å². The second-order valence-electron chi connectivity index (χ2n) is 24.4. The third-order valence-corrected chi connectivity index (χ3v) is 20.4. The van der Waals surface area contributed by atoms with Crippen LogP contribution in [-0.4, -0.2) is 128 Å². The Bertz CT molecular complexity index is 4100. The van der Waals surface area contributed by atoms with Gasteiger partial charge in [-0.25, -0.2) is 67.0 Å². The van der Waals surface area contributed by atoms with Gasteiger partial charge in [0.15, 0.2) is 33.4 Å². The van der Waals surface area contributed by atoms with E-state index in [4.69, 9.17) is 32.7 Å². The van der Waals surface area contributed by atoms with Gasteiger partial charge in [-0.15, -0.1) is 0 Å². The predicted octanol–water partition coefficient (Wildman–Crippen LogP) is 14.0. The van der Waals surface area contributed by atoms with Crippen LogP contribution in [0.4, 0.5) is 30.7 Å². The summed E-state index contributed by atoms with van der Waals surface area (Å²) in [6, 6.07) is 23.0. The fourth-order valence-corrected chi connectivity index (χ4v) is 14.1. The number of nitrogens with one attached hydrogen (secondary N) is 2. The smallest absolute Gasteiger partial charge is 0.240 e. The SMILES string of the molecule is COc1cc(-n2c(C(C)(C)c3ccc(Cl)c(Cl)c3)cnc2SCc2c(F)cc(S(=O)(=O)NCCC[N+](C)(C)C)cc2F)ccc1F.COc1cc(C(C)(C)c2cnc(SCc3c(F)cc(S(=O)(=O)NCCC[N+](C)(C)C)cc3F)n2-c2ccc(F)cc2)ccc1F. The molecule has 0 saturated carbocycles. The molecule has 8 aromatic rings. The Morgan fingerprint density at radius 2 is 0.890 bits per heavy atom. The van der Waals surface area contributed by atoms with Crippen molar-refractivity contribution in [1.82, 2.24) is 28.5 Å². The van der Waals surface area contributed by atoms with Crippen LogP contribution in [0.25, 0.3) is 11.4 Å². The third kappa shape index (κ3) is 18.0. The van der Waals surface area contributed by atoms with Gasteiger partial charge in [-0.1, -0.05) is 86.6 Å². The van der Waals surface area contributed by atoms with E-state index in [0.717, 1.165) is 53.4 Å². The second-order valence-corrected chi connectivity index (χ2v) is 30.6. The topological polar surface area (TPSA) is 146 Å². The van der Waals surface area contributed by atoms with E-state index in [1.54, 1.807) is 64.0 Å². The second kappa shape index (κ2) is 29.4. The number of sulfonamides is 2. The van der Waals surface area contributed by atoms with Crippen molar-refractivity contribution in [1.29, 1.82) is 0 Å². The van der Waals surface area contributed by atoms with Gasteiger partial charge >= 0.3 is 0 Å². The van der Waals surface area contributed by atoms with Crippen LogP contribution in [0.15, 0.2) is 136 Å². The number of aromatic nitrogens is 4. The molecule has 2 N–H and O–H groups in total. The Morgan fingerprint density at radius 3 is 1.31 bits per heavy atom. The summed E-state index contributed by atoms with van der Waals surface area (Å²) in [5.41, 5.74) is 1.76. The number of rotatable bonds is 26. The molecule has 0 bridgehead atoms. The summed E-state index contributed by atoms with van der Waals surface area (Å²) in [5.74, 6) is -5.89. The zero-order valence-corrected chi connectivity index (χ0v) is 57.1. The molecular weight excluding hydrogens is 1310 g/mol. The molecule has 27 heteroatoms. The lowest BCUT2D eigenvalue weighted by molar-refractivity contribution is -0.870. The van der Waals surface area contributed by atoms with E-state index in [1.807, 2.05) is 76.0 Å². The van der Waals surface area contributed by atoms with Crippen molar-refractivity contribution in [2.75, 3.05) is 82.7 Å². The van der Waals surface area contributed by atoms with Gasteiger partial charge in [0.1, 0.15) is 29.1 Å². The van der Waals surface area contributed by atoms with Gasteiger partial charge in [-0.05, 0) is 96.1 Å². The Hall–Kier alpha value is -6.13. The van der Waals surface area contributed by atoms with Crippen molar-refractivity contribution in [3.63, 3.8) is 0 Å². The van der Waals surface area contributed by atoms with Gasteiger partial charge in [0.05, 0.1) is 119 Å². The first kappa shape index (κ1) is 72.3. The van der Waals surface area contributed by atoms with Gasteiger partial charge in [0, 0.05) is 71.1 Å². The molecule has 0 fully saturated rings. The maximum atomic E-state index is 15.3. The number of hydrogen-bond acceptors (Lipinski definition) is 10. The summed E-state index contributed by atoms with van der Waals surface area (Å²) in [4.78, 5) is 8.11. The number of halogens is 9. The zero-order valence-electron chi connectivity index (χ0n) is 52.3. The third-order valence-electron chi connectivity index (χ3n) is 14.9. The van der Waals surface area contributed by atoms with Crippen LogP contribution in [-0.2, 0) is 42.4 Å². The monoisotopic (exact) mass is 1380 g/mol. The standard InChI is InChI=1S/C32H36Cl2F3N4O3S2.C32H37F4N4O3S2/c1-32(2,20-8-10-24(33)25(34)14-20)30-18-38-31(40(30)21-9-11-26(35)29(15-21)44-6)45-19-23-27(36)16-22(17-28(23)37)46(42,43)39-12-7-13-41(3,4)5;1-32(2,21-8-13-26(34)29(16-21)43-6)30-19-37-31(39(30)23-11-9-22(33)10-12-23)44-20-25-27(35)17-24(18-28(25)36)45(41,42)38-14-7-15-40(3,4)5/h8-11,14-18,39H,7,12-13,19H2,1-6H3;8-13,16-19,38H,7,14-15,20H2,1-6H3/q2*+1. The minimum absolute atomic E-state index is 0.000381. The van der Waals surface area contributed by atoms with Crippen molar-refractivity contribution in [3.05, 3.63) is 200 Å². The molecule has 490 valence electrons. The van der Waals surface area contributed by atoms with Crippen molar-refractivity contribution < 1.29 is 66.0 Å². The zero-order chi connectivity index (χ0) is 67.2. The number of imidazole rings is 2. The lowest BCUT2D eigenvalue weighted by Crippen LogP contribution is -2.37. The largest absolute Gasteiger partial charge is 0.494 e. The normalized spacial score (nSPS) is 12.5. The molecule has 0 saturated heterocycles. The first-order valence-corrected chi connectivity index (χ1v) is 34.0. The summed E-state index contributed by atoms with van der Waals surface area (Å²) in [6.45, 7) is 9.40. The van der Waals surface area contributed by atoms with E-state index in [-0.39, 0.29) is 47.2 Å². The summed E-state index contributed by atoms with van der Waals surface area (Å²) in [6.07, 6.45) is 4.34. The first-order valence-electron chi connectivity index (χ1n) is 28.4. The van der Waals surface area contributed by atoms with Crippen LogP contribution < -0.4 is 18.9 Å². The van der Waals surface area contributed by atoms with Crippen LogP contribution in [0.1, 0.15) is 74.2 Å². The van der Waals surface area contributed by atoms with E-state index in [1.165, 1.54) is 44.6 Å². The average Bonchev–Trinajstić information content (AvgIpc) is 1.73. The van der Waals surface area contributed by atoms with Crippen LogP contribution >= 0.6 is 46.7 Å². The summed E-state index contributed by atoms with van der Waals surface area (Å²) >= 11 is 14.6. The highest BCUT2D eigenvalue weighted by Crippen LogP contribution is 2.42. The van der Waals surface area contributed by atoms with Crippen molar-refractivity contribution >= 4 is 66.8 Å².